The lowest BCUT2D eigenvalue weighted by molar-refractivity contribution is -0.115. The van der Waals surface area contributed by atoms with Gasteiger partial charge in [-0.05, 0) is 42.0 Å². The summed E-state index contributed by atoms with van der Waals surface area (Å²) in [6, 6.07) is 13.1. The molecule has 0 aliphatic carbocycles. The SMILES string of the molecule is COc1cc(/C=C2\SC(=S)NC2=O)ccc1OCCOc1cccc(Br)c1. The van der Waals surface area contributed by atoms with E-state index in [9.17, 15) is 4.79 Å². The smallest absolute Gasteiger partial charge is 0.263 e. The Morgan fingerprint density at radius 1 is 1.15 bits per heavy atom. The monoisotopic (exact) mass is 465 g/mol. The summed E-state index contributed by atoms with van der Waals surface area (Å²) in [5.41, 5.74) is 0.826. The highest BCUT2D eigenvalue weighted by molar-refractivity contribution is 9.10. The van der Waals surface area contributed by atoms with Crippen LogP contribution in [0, 0.1) is 0 Å². The van der Waals surface area contributed by atoms with Gasteiger partial charge in [-0.3, -0.25) is 4.79 Å². The van der Waals surface area contributed by atoms with Gasteiger partial charge in [0.15, 0.2) is 11.5 Å². The normalized spacial score (nSPS) is 15.0. The molecule has 1 N–H and O–H groups in total. The molecule has 27 heavy (non-hydrogen) atoms. The largest absolute Gasteiger partial charge is 0.493 e. The van der Waals surface area contributed by atoms with E-state index in [4.69, 9.17) is 26.4 Å². The molecule has 0 radical (unpaired) electrons. The van der Waals surface area contributed by atoms with Crippen molar-refractivity contribution < 1.29 is 19.0 Å². The molecule has 0 spiro atoms. The molecule has 3 rings (SSSR count). The predicted molar refractivity (Wildman–Crippen MR) is 114 cm³/mol. The first-order chi connectivity index (χ1) is 13.0. The number of methoxy groups -OCH3 is 1. The molecule has 5 nitrogen and oxygen atoms in total. The van der Waals surface area contributed by atoms with Crippen LogP contribution < -0.4 is 19.5 Å². The van der Waals surface area contributed by atoms with E-state index in [-0.39, 0.29) is 5.91 Å². The van der Waals surface area contributed by atoms with Gasteiger partial charge in [0, 0.05) is 4.47 Å². The van der Waals surface area contributed by atoms with Crippen LogP contribution in [0.15, 0.2) is 51.8 Å². The number of hydrogen-bond donors (Lipinski definition) is 1. The maximum absolute atomic E-state index is 11.8. The summed E-state index contributed by atoms with van der Waals surface area (Å²) in [4.78, 5) is 12.3. The Morgan fingerprint density at radius 2 is 1.96 bits per heavy atom. The number of hydrogen-bond acceptors (Lipinski definition) is 6. The fraction of sp³-hybridized carbons (Fsp3) is 0.158. The molecule has 0 aromatic heterocycles. The predicted octanol–water partition coefficient (Wildman–Crippen LogP) is 4.40. The van der Waals surface area contributed by atoms with E-state index >= 15 is 0 Å². The molecule has 1 heterocycles. The zero-order valence-corrected chi connectivity index (χ0v) is 17.6. The third-order valence-corrected chi connectivity index (χ3v) is 5.19. The minimum absolute atomic E-state index is 0.186. The van der Waals surface area contributed by atoms with Crippen LogP contribution in [-0.2, 0) is 4.79 Å². The maximum Gasteiger partial charge on any atom is 0.263 e. The second-order valence-corrected chi connectivity index (χ2v) is 8.05. The number of ether oxygens (including phenoxy) is 3. The first-order valence-corrected chi connectivity index (χ1v) is 10.0. The zero-order valence-electron chi connectivity index (χ0n) is 14.4. The van der Waals surface area contributed by atoms with Crippen LogP contribution in [0.2, 0.25) is 0 Å². The Labute approximate surface area is 175 Å². The van der Waals surface area contributed by atoms with Crippen LogP contribution in [0.4, 0.5) is 0 Å². The second kappa shape index (κ2) is 9.25. The quantitative estimate of drug-likeness (QED) is 0.371. The van der Waals surface area contributed by atoms with Gasteiger partial charge in [0.25, 0.3) is 5.91 Å². The Morgan fingerprint density at radius 3 is 2.67 bits per heavy atom. The van der Waals surface area contributed by atoms with Crippen LogP contribution in [0.5, 0.6) is 17.2 Å². The number of carbonyl (C=O) groups excluding carboxylic acids is 1. The zero-order chi connectivity index (χ0) is 19.2. The number of thiocarbonyl (C=S) groups is 1. The molecule has 8 heteroatoms. The van der Waals surface area contributed by atoms with Crippen LogP contribution in [0.3, 0.4) is 0 Å². The summed E-state index contributed by atoms with van der Waals surface area (Å²) < 4.78 is 18.2. The Kier molecular flexibility index (Phi) is 6.76. The average Bonchev–Trinajstić information content (AvgIpc) is 2.96. The molecule has 2 aromatic carbocycles. The molecular weight excluding hydrogens is 450 g/mol. The van der Waals surface area contributed by atoms with Crippen LogP contribution in [-0.4, -0.2) is 30.6 Å². The van der Waals surface area contributed by atoms with E-state index in [1.807, 2.05) is 36.4 Å². The molecule has 2 aromatic rings. The summed E-state index contributed by atoms with van der Waals surface area (Å²) in [5.74, 6) is 1.77. The van der Waals surface area contributed by atoms with Gasteiger partial charge < -0.3 is 19.5 Å². The van der Waals surface area contributed by atoms with Gasteiger partial charge >= 0.3 is 0 Å². The minimum atomic E-state index is -0.186. The van der Waals surface area contributed by atoms with Crippen LogP contribution >= 0.6 is 39.9 Å². The number of halogens is 1. The number of thioether (sulfide) groups is 1. The standard InChI is InChI=1S/C19H16BrNO4S2/c1-23-16-9-12(10-17-18(22)21-19(26)27-17)5-6-15(16)25-8-7-24-14-4-2-3-13(20)11-14/h2-6,9-11H,7-8H2,1H3,(H,21,22,26)/b17-10-. The van der Waals surface area contributed by atoms with E-state index in [0.717, 1.165) is 15.8 Å². The number of nitrogens with one attached hydrogen (secondary N) is 1. The van der Waals surface area contributed by atoms with E-state index in [2.05, 4.69) is 21.2 Å². The van der Waals surface area contributed by atoms with Crippen molar-refractivity contribution in [3.05, 3.63) is 57.4 Å². The summed E-state index contributed by atoms with van der Waals surface area (Å²) in [6.45, 7) is 0.773. The molecule has 140 valence electrons. The van der Waals surface area contributed by atoms with Crippen molar-refractivity contribution >= 4 is 56.2 Å². The molecular formula is C19H16BrNO4S2. The Bertz CT molecular complexity index is 901. The van der Waals surface area contributed by atoms with Gasteiger partial charge in [-0.1, -0.05) is 52.0 Å². The topological polar surface area (TPSA) is 56.8 Å². The highest BCUT2D eigenvalue weighted by Gasteiger charge is 2.22. The highest BCUT2D eigenvalue weighted by Crippen LogP contribution is 2.31. The first kappa shape index (κ1) is 19.7. The van der Waals surface area contributed by atoms with Crippen molar-refractivity contribution in [2.24, 2.45) is 0 Å². The Balaban J connectivity index is 1.60. The van der Waals surface area contributed by atoms with Crippen molar-refractivity contribution in [1.82, 2.24) is 5.32 Å². The lowest BCUT2D eigenvalue weighted by Crippen LogP contribution is -2.17. The van der Waals surface area contributed by atoms with Gasteiger partial charge in [0.1, 0.15) is 23.3 Å². The molecule has 0 bridgehead atoms. The summed E-state index contributed by atoms with van der Waals surface area (Å²) in [5, 5.41) is 2.59. The second-order valence-electron chi connectivity index (χ2n) is 5.42. The molecule has 1 aliphatic rings. The van der Waals surface area contributed by atoms with Gasteiger partial charge in [0.2, 0.25) is 0 Å². The number of amides is 1. The Hall–Kier alpha value is -2.03. The van der Waals surface area contributed by atoms with Gasteiger partial charge in [-0.15, -0.1) is 0 Å². The highest BCUT2D eigenvalue weighted by atomic mass is 79.9. The van der Waals surface area contributed by atoms with E-state index in [1.54, 1.807) is 19.3 Å². The number of rotatable bonds is 7. The first-order valence-electron chi connectivity index (χ1n) is 7.99. The molecule has 0 unspecified atom stereocenters. The van der Waals surface area contributed by atoms with Crippen LogP contribution in [0.25, 0.3) is 6.08 Å². The third kappa shape index (κ3) is 5.47. The summed E-state index contributed by atoms with van der Waals surface area (Å²) in [6.07, 6.45) is 1.77. The fourth-order valence-electron chi connectivity index (χ4n) is 2.33. The third-order valence-electron chi connectivity index (χ3n) is 3.53. The van der Waals surface area contributed by atoms with Crippen molar-refractivity contribution in [1.29, 1.82) is 0 Å². The molecule has 1 saturated heterocycles. The van der Waals surface area contributed by atoms with Crippen molar-refractivity contribution in [3.63, 3.8) is 0 Å². The van der Waals surface area contributed by atoms with Crippen molar-refractivity contribution in [3.8, 4) is 17.2 Å². The molecule has 1 fully saturated rings. The van der Waals surface area contributed by atoms with Gasteiger partial charge in [0.05, 0.1) is 12.0 Å². The molecule has 0 saturated carbocycles. The molecule has 1 amide bonds. The maximum atomic E-state index is 11.8. The fourth-order valence-corrected chi connectivity index (χ4v) is 3.76. The number of carbonyl (C=O) groups is 1. The average molecular weight is 466 g/mol. The molecule has 1 aliphatic heterocycles. The van der Waals surface area contributed by atoms with Crippen molar-refractivity contribution in [2.45, 2.75) is 0 Å². The molecule has 0 atom stereocenters. The minimum Gasteiger partial charge on any atom is -0.493 e. The number of benzene rings is 2. The summed E-state index contributed by atoms with van der Waals surface area (Å²) in [7, 11) is 1.57. The lowest BCUT2D eigenvalue weighted by atomic mass is 10.2. The van der Waals surface area contributed by atoms with Crippen LogP contribution in [0.1, 0.15) is 5.56 Å². The van der Waals surface area contributed by atoms with E-state index in [1.165, 1.54) is 11.8 Å². The van der Waals surface area contributed by atoms with Gasteiger partial charge in [-0.25, -0.2) is 0 Å². The van der Waals surface area contributed by atoms with E-state index < -0.39 is 0 Å². The summed E-state index contributed by atoms with van der Waals surface area (Å²) >= 11 is 9.64. The lowest BCUT2D eigenvalue weighted by Gasteiger charge is -2.12. The van der Waals surface area contributed by atoms with Crippen molar-refractivity contribution in [2.75, 3.05) is 20.3 Å². The van der Waals surface area contributed by atoms with Gasteiger partial charge in [-0.2, -0.15) is 0 Å². The van der Waals surface area contributed by atoms with E-state index in [0.29, 0.717) is 33.9 Å².